The van der Waals surface area contributed by atoms with Crippen LogP contribution in [0.15, 0.2) is 59.4 Å². The Bertz CT molecular complexity index is 1340. The number of carbonyl (C=O) groups excluding carboxylic acids is 1. The van der Waals surface area contributed by atoms with Gasteiger partial charge in [-0.25, -0.2) is 21.8 Å². The largest absolute Gasteiger partial charge is 0.320 e. The predicted molar refractivity (Wildman–Crippen MR) is 128 cm³/mol. The van der Waals surface area contributed by atoms with Gasteiger partial charge in [0.25, 0.3) is 5.56 Å². The summed E-state index contributed by atoms with van der Waals surface area (Å²) in [5.74, 6) is -1.33. The minimum atomic E-state index is -3.58. The first kappa shape index (κ1) is 23.9. The molecule has 1 amide bonds. The molecule has 1 saturated heterocycles. The Balaban J connectivity index is 1.42. The number of carbonyl (C=O) groups is 1. The average Bonchev–Trinajstić information content (AvgIpc) is 3.04. The Morgan fingerprint density at radius 1 is 1.06 bits per heavy atom. The molecule has 0 atom stereocenters. The minimum absolute atomic E-state index is 0.212. The maximum atomic E-state index is 13.1. The first-order valence-corrected chi connectivity index (χ1v) is 12.7. The van der Waals surface area contributed by atoms with Crippen LogP contribution >= 0.6 is 0 Å². The lowest BCUT2D eigenvalue weighted by molar-refractivity contribution is -0.120. The van der Waals surface area contributed by atoms with Crippen LogP contribution < -0.4 is 10.9 Å². The highest BCUT2D eigenvalue weighted by molar-refractivity contribution is 7.88. The molecule has 0 saturated carbocycles. The molecule has 4 rings (SSSR count). The molecule has 180 valence electrons. The maximum Gasteiger partial charge on any atom is 0.295 e. The van der Waals surface area contributed by atoms with Crippen LogP contribution in [0.4, 0.5) is 10.1 Å². The van der Waals surface area contributed by atoms with Gasteiger partial charge in [0.2, 0.25) is 15.9 Å². The number of sulfonamides is 1. The van der Waals surface area contributed by atoms with E-state index in [1.807, 2.05) is 30.3 Å². The average molecular weight is 487 g/mol. The van der Waals surface area contributed by atoms with Gasteiger partial charge in [-0.15, -0.1) is 0 Å². The summed E-state index contributed by atoms with van der Waals surface area (Å²) in [6, 6.07) is 14.5. The molecule has 1 aromatic heterocycles. The number of benzene rings is 2. The van der Waals surface area contributed by atoms with Gasteiger partial charge in [0, 0.05) is 26.1 Å². The van der Waals surface area contributed by atoms with Gasteiger partial charge in [0.15, 0.2) is 0 Å². The molecule has 0 bridgehead atoms. The summed E-state index contributed by atoms with van der Waals surface area (Å²) in [5, 5.41) is 2.78. The van der Waals surface area contributed by atoms with Gasteiger partial charge in [-0.3, -0.25) is 14.3 Å². The van der Waals surface area contributed by atoms with E-state index in [0.29, 0.717) is 29.8 Å². The lowest BCUT2D eigenvalue weighted by atomic mass is 9.97. The Morgan fingerprint density at radius 3 is 2.29 bits per heavy atom. The van der Waals surface area contributed by atoms with Gasteiger partial charge in [0.05, 0.1) is 17.1 Å². The van der Waals surface area contributed by atoms with Gasteiger partial charge >= 0.3 is 0 Å². The molecule has 0 aliphatic carbocycles. The third-order valence-corrected chi connectivity index (χ3v) is 8.13. The van der Waals surface area contributed by atoms with E-state index in [0.717, 1.165) is 0 Å². The summed E-state index contributed by atoms with van der Waals surface area (Å²) in [6.45, 7) is 2.19. The zero-order valence-electron chi connectivity index (χ0n) is 19.1. The Morgan fingerprint density at radius 2 is 1.68 bits per heavy atom. The van der Waals surface area contributed by atoms with Gasteiger partial charge < -0.3 is 5.32 Å². The normalized spacial score (nSPS) is 15.4. The molecule has 1 aliphatic rings. The van der Waals surface area contributed by atoms with Gasteiger partial charge in [-0.2, -0.15) is 0 Å². The first-order valence-electron chi connectivity index (χ1n) is 11.0. The molecule has 1 fully saturated rings. The van der Waals surface area contributed by atoms with Crippen molar-refractivity contribution in [3.8, 4) is 5.69 Å². The van der Waals surface area contributed by atoms with E-state index in [-0.39, 0.29) is 36.0 Å². The standard InChI is InChI=1S/C24H27FN4O4S/c1-17-22(24(31)29(27(17)2)21-6-4-3-5-7-21)26-23(30)19-12-14-28(15-13-19)34(32,33)16-18-8-10-20(25)11-9-18/h3-11,19H,12-16H2,1-2H3,(H,26,30). The Kier molecular flexibility index (Phi) is 6.72. The number of hydrogen-bond acceptors (Lipinski definition) is 4. The van der Waals surface area contributed by atoms with Gasteiger partial charge in [-0.1, -0.05) is 30.3 Å². The number of amides is 1. The fourth-order valence-corrected chi connectivity index (χ4v) is 5.78. The summed E-state index contributed by atoms with van der Waals surface area (Å²) in [4.78, 5) is 26.0. The molecular weight excluding hydrogens is 459 g/mol. The van der Waals surface area contributed by atoms with Crippen LogP contribution in [0, 0.1) is 18.7 Å². The topological polar surface area (TPSA) is 93.4 Å². The summed E-state index contributed by atoms with van der Waals surface area (Å²) >= 11 is 0. The molecule has 10 heteroatoms. The number of anilines is 1. The second-order valence-electron chi connectivity index (χ2n) is 8.48. The van der Waals surface area contributed by atoms with E-state index in [4.69, 9.17) is 0 Å². The molecule has 2 heterocycles. The molecule has 8 nitrogen and oxygen atoms in total. The van der Waals surface area contributed by atoms with Crippen molar-refractivity contribution < 1.29 is 17.6 Å². The number of aromatic nitrogens is 2. The van der Waals surface area contributed by atoms with E-state index in [1.54, 1.807) is 18.7 Å². The second-order valence-corrected chi connectivity index (χ2v) is 10.5. The van der Waals surface area contributed by atoms with Crippen LogP contribution in [0.2, 0.25) is 0 Å². The smallest absolute Gasteiger partial charge is 0.295 e. The van der Waals surface area contributed by atoms with Gasteiger partial charge in [0.1, 0.15) is 11.5 Å². The van der Waals surface area contributed by atoms with Crippen LogP contribution in [0.1, 0.15) is 24.1 Å². The molecule has 0 radical (unpaired) electrons. The highest BCUT2D eigenvalue weighted by Gasteiger charge is 2.32. The maximum absolute atomic E-state index is 13.1. The van der Waals surface area contributed by atoms with E-state index >= 15 is 0 Å². The van der Waals surface area contributed by atoms with Gasteiger partial charge in [-0.05, 0) is 49.6 Å². The first-order chi connectivity index (χ1) is 16.2. The lowest BCUT2D eigenvalue weighted by Gasteiger charge is -2.30. The third-order valence-electron chi connectivity index (χ3n) is 6.28. The zero-order valence-corrected chi connectivity index (χ0v) is 19.9. The van der Waals surface area contributed by atoms with Crippen molar-refractivity contribution in [2.45, 2.75) is 25.5 Å². The van der Waals surface area contributed by atoms with Crippen molar-refractivity contribution >= 4 is 21.6 Å². The van der Waals surface area contributed by atoms with E-state index in [2.05, 4.69) is 5.32 Å². The van der Waals surface area contributed by atoms with Crippen molar-refractivity contribution in [2.75, 3.05) is 18.4 Å². The molecule has 0 unspecified atom stereocenters. The minimum Gasteiger partial charge on any atom is -0.320 e. The van der Waals surface area contributed by atoms with E-state index in [1.165, 1.54) is 33.3 Å². The number of hydrogen-bond donors (Lipinski definition) is 1. The SMILES string of the molecule is Cc1c(NC(=O)C2CCN(S(=O)(=O)Cc3ccc(F)cc3)CC2)c(=O)n(-c2ccccc2)n1C. The van der Waals surface area contributed by atoms with Crippen LogP contribution in [-0.4, -0.2) is 41.1 Å². The van der Waals surface area contributed by atoms with Crippen LogP contribution in [0.25, 0.3) is 5.69 Å². The Labute approximate surface area is 197 Å². The molecule has 1 N–H and O–H groups in total. The molecule has 34 heavy (non-hydrogen) atoms. The molecule has 3 aromatic rings. The van der Waals surface area contributed by atoms with Crippen molar-refractivity contribution in [3.05, 3.63) is 82.0 Å². The van der Waals surface area contributed by atoms with Crippen LogP contribution in [-0.2, 0) is 27.6 Å². The van der Waals surface area contributed by atoms with E-state index in [9.17, 15) is 22.4 Å². The second kappa shape index (κ2) is 9.55. The van der Waals surface area contributed by atoms with E-state index < -0.39 is 21.8 Å². The van der Waals surface area contributed by atoms with Crippen molar-refractivity contribution in [1.29, 1.82) is 0 Å². The Hall–Kier alpha value is -3.24. The molecule has 2 aromatic carbocycles. The fraction of sp³-hybridized carbons (Fsp3) is 0.333. The highest BCUT2D eigenvalue weighted by atomic mass is 32.2. The van der Waals surface area contributed by atoms with Crippen molar-refractivity contribution in [2.24, 2.45) is 13.0 Å². The van der Waals surface area contributed by atoms with Crippen LogP contribution in [0.5, 0.6) is 0 Å². The number of halogens is 1. The number of rotatable bonds is 6. The fourth-order valence-electron chi connectivity index (χ4n) is 4.22. The molecule has 1 aliphatic heterocycles. The molecule has 0 spiro atoms. The quantitative estimate of drug-likeness (QED) is 0.580. The predicted octanol–water partition coefficient (Wildman–Crippen LogP) is 2.80. The summed E-state index contributed by atoms with van der Waals surface area (Å²) < 4.78 is 43.2. The number of para-hydroxylation sites is 1. The number of nitrogens with zero attached hydrogens (tertiary/aromatic N) is 3. The summed E-state index contributed by atoms with van der Waals surface area (Å²) in [5.41, 5.74) is 1.73. The third kappa shape index (κ3) is 4.83. The van der Waals surface area contributed by atoms with Crippen molar-refractivity contribution in [3.63, 3.8) is 0 Å². The lowest BCUT2D eigenvalue weighted by Crippen LogP contribution is -2.42. The monoisotopic (exact) mass is 486 g/mol. The highest BCUT2D eigenvalue weighted by Crippen LogP contribution is 2.24. The van der Waals surface area contributed by atoms with Crippen molar-refractivity contribution in [1.82, 2.24) is 13.7 Å². The number of piperidine rings is 1. The summed E-state index contributed by atoms with van der Waals surface area (Å²) in [6.07, 6.45) is 0.709. The van der Waals surface area contributed by atoms with Crippen LogP contribution in [0.3, 0.4) is 0 Å². The summed E-state index contributed by atoms with van der Waals surface area (Å²) in [7, 11) is -1.83. The number of nitrogens with one attached hydrogen (secondary N) is 1. The molecular formula is C24H27FN4O4S. The zero-order chi connectivity index (χ0) is 24.5.